The molecule has 2 amide bonds. The van der Waals surface area contributed by atoms with Gasteiger partial charge in [0.25, 0.3) is 11.8 Å². The molecule has 2 atom stereocenters. The first kappa shape index (κ1) is 22.0. The maximum Gasteiger partial charge on any atom is 0.329 e. The van der Waals surface area contributed by atoms with Crippen LogP contribution >= 0.6 is 11.6 Å². The van der Waals surface area contributed by atoms with Crippen LogP contribution in [-0.4, -0.2) is 36.5 Å². The second kappa shape index (κ2) is 10.9. The van der Waals surface area contributed by atoms with Crippen molar-refractivity contribution in [3.8, 4) is 0 Å². The standard InChI is InChI=1S/C21H27ClN2O4/c1-14(24-20(26)17-10-6-7-11-18(17)22)21(27)28-15(2)19(25)23-13-12-16-8-4-3-5-9-16/h6-8,10-11,14-15H,3-5,9,12-13H2,1-2H3,(H,23,25)(H,24,26)/t14-,15-/m0/s1. The zero-order chi connectivity index (χ0) is 20.5. The topological polar surface area (TPSA) is 84.5 Å². The number of esters is 1. The molecule has 6 nitrogen and oxygen atoms in total. The van der Waals surface area contributed by atoms with Gasteiger partial charge in [0.15, 0.2) is 6.10 Å². The van der Waals surface area contributed by atoms with Gasteiger partial charge in [-0.15, -0.1) is 0 Å². The summed E-state index contributed by atoms with van der Waals surface area (Å²) in [4.78, 5) is 36.5. The number of carbonyl (C=O) groups is 3. The number of rotatable bonds is 8. The Morgan fingerprint density at radius 1 is 1.18 bits per heavy atom. The molecule has 0 aromatic heterocycles. The Bertz CT molecular complexity index is 748. The van der Waals surface area contributed by atoms with Gasteiger partial charge in [0, 0.05) is 6.54 Å². The van der Waals surface area contributed by atoms with Crippen LogP contribution in [0.25, 0.3) is 0 Å². The van der Waals surface area contributed by atoms with Gasteiger partial charge in [-0.1, -0.05) is 35.4 Å². The Morgan fingerprint density at radius 3 is 2.61 bits per heavy atom. The Hall–Kier alpha value is -2.34. The fraction of sp³-hybridized carbons (Fsp3) is 0.476. The fourth-order valence-corrected chi connectivity index (χ4v) is 3.15. The zero-order valence-corrected chi connectivity index (χ0v) is 17.1. The van der Waals surface area contributed by atoms with Crippen molar-refractivity contribution in [2.45, 2.75) is 58.1 Å². The van der Waals surface area contributed by atoms with Crippen LogP contribution in [0.1, 0.15) is 56.3 Å². The molecule has 0 aliphatic heterocycles. The molecule has 152 valence electrons. The summed E-state index contributed by atoms with van der Waals surface area (Å²) in [5, 5.41) is 5.61. The lowest BCUT2D eigenvalue weighted by molar-refractivity contribution is -0.156. The third kappa shape index (κ3) is 6.68. The number of carbonyl (C=O) groups excluding carboxylic acids is 3. The molecule has 0 unspecified atom stereocenters. The minimum Gasteiger partial charge on any atom is -0.451 e. The van der Waals surface area contributed by atoms with E-state index in [2.05, 4.69) is 16.7 Å². The molecule has 1 aliphatic carbocycles. The molecule has 28 heavy (non-hydrogen) atoms. The number of benzene rings is 1. The number of halogens is 1. The second-order valence-electron chi connectivity index (χ2n) is 6.90. The zero-order valence-electron chi connectivity index (χ0n) is 16.3. The lowest BCUT2D eigenvalue weighted by atomic mass is 9.97. The Kier molecular flexibility index (Phi) is 8.51. The Labute approximate surface area is 170 Å². The van der Waals surface area contributed by atoms with Crippen molar-refractivity contribution in [1.29, 1.82) is 0 Å². The van der Waals surface area contributed by atoms with E-state index in [1.165, 1.54) is 32.3 Å². The summed E-state index contributed by atoms with van der Waals surface area (Å²) in [6.45, 7) is 3.53. The minimum atomic E-state index is -0.937. The average Bonchev–Trinajstić information content (AvgIpc) is 2.68. The van der Waals surface area contributed by atoms with Crippen LogP contribution in [0.5, 0.6) is 0 Å². The summed E-state index contributed by atoms with van der Waals surface area (Å²) in [5.41, 5.74) is 1.64. The van der Waals surface area contributed by atoms with Crippen molar-refractivity contribution >= 4 is 29.4 Å². The van der Waals surface area contributed by atoms with Gasteiger partial charge in [0.1, 0.15) is 6.04 Å². The van der Waals surface area contributed by atoms with E-state index in [1.54, 1.807) is 24.3 Å². The molecule has 1 aromatic rings. The van der Waals surface area contributed by atoms with Crippen molar-refractivity contribution < 1.29 is 19.1 Å². The highest BCUT2D eigenvalue weighted by molar-refractivity contribution is 6.33. The molecule has 1 aromatic carbocycles. The van der Waals surface area contributed by atoms with Crippen LogP contribution < -0.4 is 10.6 Å². The number of allylic oxidation sites excluding steroid dienone is 1. The molecule has 0 fully saturated rings. The van der Waals surface area contributed by atoms with Crippen molar-refractivity contribution in [3.63, 3.8) is 0 Å². The molecule has 2 rings (SSSR count). The van der Waals surface area contributed by atoms with E-state index in [9.17, 15) is 14.4 Å². The smallest absolute Gasteiger partial charge is 0.329 e. The van der Waals surface area contributed by atoms with E-state index < -0.39 is 24.0 Å². The van der Waals surface area contributed by atoms with Crippen molar-refractivity contribution in [2.75, 3.05) is 6.54 Å². The van der Waals surface area contributed by atoms with E-state index in [0.717, 1.165) is 19.3 Å². The number of amides is 2. The molecular formula is C21H27ClN2O4. The molecule has 0 spiro atoms. The van der Waals surface area contributed by atoms with Crippen LogP contribution in [-0.2, 0) is 14.3 Å². The maximum atomic E-state index is 12.2. The summed E-state index contributed by atoms with van der Waals surface area (Å²) < 4.78 is 5.17. The van der Waals surface area contributed by atoms with E-state index in [4.69, 9.17) is 16.3 Å². The largest absolute Gasteiger partial charge is 0.451 e. The monoisotopic (exact) mass is 406 g/mol. The summed E-state index contributed by atoms with van der Waals surface area (Å²) >= 11 is 5.98. The van der Waals surface area contributed by atoms with Gasteiger partial charge in [-0.25, -0.2) is 4.79 Å². The van der Waals surface area contributed by atoms with Crippen LogP contribution in [0.2, 0.25) is 5.02 Å². The predicted molar refractivity (Wildman–Crippen MR) is 108 cm³/mol. The lowest BCUT2D eigenvalue weighted by Crippen LogP contribution is -2.43. The first-order chi connectivity index (χ1) is 13.4. The summed E-state index contributed by atoms with van der Waals surface area (Å²) in [6, 6.07) is 5.64. The maximum absolute atomic E-state index is 12.2. The van der Waals surface area contributed by atoms with Gasteiger partial charge in [-0.3, -0.25) is 9.59 Å². The van der Waals surface area contributed by atoms with Gasteiger partial charge in [0.2, 0.25) is 0 Å². The Morgan fingerprint density at radius 2 is 1.93 bits per heavy atom. The van der Waals surface area contributed by atoms with E-state index in [1.807, 2.05) is 0 Å². The molecule has 0 saturated heterocycles. The number of ether oxygens (including phenoxy) is 1. The highest BCUT2D eigenvalue weighted by atomic mass is 35.5. The molecule has 0 radical (unpaired) electrons. The van der Waals surface area contributed by atoms with Crippen molar-refractivity contribution in [1.82, 2.24) is 10.6 Å². The molecule has 0 saturated carbocycles. The lowest BCUT2D eigenvalue weighted by Gasteiger charge is -2.18. The molecule has 7 heteroatoms. The summed E-state index contributed by atoms with van der Waals surface area (Å²) in [6.07, 6.45) is 6.74. The van der Waals surface area contributed by atoms with Crippen molar-refractivity contribution in [3.05, 3.63) is 46.5 Å². The first-order valence-electron chi connectivity index (χ1n) is 9.60. The Balaban J connectivity index is 1.75. The summed E-state index contributed by atoms with van der Waals surface area (Å²) in [7, 11) is 0. The predicted octanol–water partition coefficient (Wildman–Crippen LogP) is 3.40. The minimum absolute atomic E-state index is 0.270. The third-order valence-electron chi connectivity index (χ3n) is 4.61. The van der Waals surface area contributed by atoms with Gasteiger partial charge >= 0.3 is 5.97 Å². The first-order valence-corrected chi connectivity index (χ1v) is 9.97. The molecule has 2 N–H and O–H groups in total. The third-order valence-corrected chi connectivity index (χ3v) is 4.94. The van der Waals surface area contributed by atoms with Crippen molar-refractivity contribution in [2.24, 2.45) is 0 Å². The van der Waals surface area contributed by atoms with Gasteiger partial charge in [0.05, 0.1) is 10.6 Å². The van der Waals surface area contributed by atoms with Crippen LogP contribution in [0.4, 0.5) is 0 Å². The van der Waals surface area contributed by atoms with Gasteiger partial charge in [-0.2, -0.15) is 0 Å². The molecule has 1 aliphatic rings. The SMILES string of the molecule is C[C@H](NC(=O)c1ccccc1Cl)C(=O)O[C@@H](C)C(=O)NCCC1=CCCCC1. The molecule has 0 heterocycles. The highest BCUT2D eigenvalue weighted by Gasteiger charge is 2.24. The second-order valence-corrected chi connectivity index (χ2v) is 7.31. The summed E-state index contributed by atoms with van der Waals surface area (Å²) in [5.74, 6) is -1.51. The van der Waals surface area contributed by atoms with Gasteiger partial charge in [-0.05, 0) is 58.1 Å². The normalized spacial score (nSPS) is 15.8. The number of nitrogens with one attached hydrogen (secondary N) is 2. The fourth-order valence-electron chi connectivity index (χ4n) is 2.93. The quantitative estimate of drug-likeness (QED) is 0.512. The van der Waals surface area contributed by atoms with Crippen LogP contribution in [0.3, 0.4) is 0 Å². The van der Waals surface area contributed by atoms with E-state index >= 15 is 0 Å². The molecular weight excluding hydrogens is 380 g/mol. The van der Waals surface area contributed by atoms with Gasteiger partial charge < -0.3 is 15.4 Å². The average molecular weight is 407 g/mol. The van der Waals surface area contributed by atoms with E-state index in [-0.39, 0.29) is 11.5 Å². The van der Waals surface area contributed by atoms with Crippen LogP contribution in [0.15, 0.2) is 35.9 Å². The van der Waals surface area contributed by atoms with E-state index in [0.29, 0.717) is 11.6 Å². The number of hydrogen-bond acceptors (Lipinski definition) is 4. The number of hydrogen-bond donors (Lipinski definition) is 2. The van der Waals surface area contributed by atoms with Crippen LogP contribution in [0, 0.1) is 0 Å². The highest BCUT2D eigenvalue weighted by Crippen LogP contribution is 2.19. The molecule has 0 bridgehead atoms.